The minimum absolute atomic E-state index is 0.0371. The summed E-state index contributed by atoms with van der Waals surface area (Å²) in [6.45, 7) is 4.42. The van der Waals surface area contributed by atoms with Crippen molar-refractivity contribution in [2.75, 3.05) is 36.1 Å². The number of rotatable bonds is 11. The van der Waals surface area contributed by atoms with E-state index in [1.54, 1.807) is 6.92 Å². The molecule has 5 N–H and O–H groups in total. The van der Waals surface area contributed by atoms with Gasteiger partial charge < -0.3 is 25.6 Å². The third kappa shape index (κ3) is 6.42. The fourth-order valence-corrected chi connectivity index (χ4v) is 6.17. The lowest BCUT2D eigenvalue weighted by atomic mass is 10.1. The molecule has 4 rings (SSSR count). The summed E-state index contributed by atoms with van der Waals surface area (Å²) in [5.41, 5.74) is 0.655. The molecule has 0 radical (unpaired) electrons. The van der Waals surface area contributed by atoms with Gasteiger partial charge in [0.2, 0.25) is 10.0 Å². The minimum Gasteiger partial charge on any atom is -0.387 e. The van der Waals surface area contributed by atoms with Gasteiger partial charge in [0.15, 0.2) is 29.3 Å². The van der Waals surface area contributed by atoms with Crippen LogP contribution in [-0.4, -0.2) is 98.2 Å². The number of aromatic nitrogens is 4. The Morgan fingerprint density at radius 1 is 1.07 bits per heavy atom. The summed E-state index contributed by atoms with van der Waals surface area (Å²) < 4.78 is 34.1. The Morgan fingerprint density at radius 3 is 2.46 bits per heavy atom. The van der Waals surface area contributed by atoms with E-state index in [9.17, 15) is 28.2 Å². The third-order valence-electron chi connectivity index (χ3n) is 6.27. The van der Waals surface area contributed by atoms with E-state index >= 15 is 0 Å². The number of likely N-dealkylation sites (N-methyl/N-ethyl adjacent to an activating group) is 1. The monoisotopic (exact) mass is 610 g/mol. The smallest absolute Gasteiger partial charge is 0.324 e. The number of amides is 3. The summed E-state index contributed by atoms with van der Waals surface area (Å²) in [6.07, 6.45) is -2.32. The van der Waals surface area contributed by atoms with E-state index in [-0.39, 0.29) is 34.3 Å². The van der Waals surface area contributed by atoms with Gasteiger partial charge >= 0.3 is 6.03 Å². The number of anilines is 2. The van der Waals surface area contributed by atoms with Crippen LogP contribution in [0.2, 0.25) is 0 Å². The molecule has 1 unspecified atom stereocenters. The van der Waals surface area contributed by atoms with Crippen molar-refractivity contribution in [1.82, 2.24) is 29.1 Å². The van der Waals surface area contributed by atoms with E-state index in [1.165, 1.54) is 39.5 Å². The van der Waals surface area contributed by atoms with E-state index in [2.05, 4.69) is 30.9 Å². The van der Waals surface area contributed by atoms with Crippen LogP contribution in [0.25, 0.3) is 11.2 Å². The van der Waals surface area contributed by atoms with Crippen molar-refractivity contribution in [3.63, 3.8) is 0 Å². The molecule has 2 aromatic heterocycles. The maximum atomic E-state index is 12.9. The quantitative estimate of drug-likeness (QED) is 0.194. The van der Waals surface area contributed by atoms with Gasteiger partial charge in [-0.2, -0.15) is 4.31 Å². The molecule has 1 aliphatic heterocycles. The zero-order valence-electron chi connectivity index (χ0n) is 22.3. The molecule has 1 fully saturated rings. The second-order valence-electron chi connectivity index (χ2n) is 9.07. The fraction of sp³-hybridized carbons (Fsp3) is 0.458. The second-order valence-corrected chi connectivity index (χ2v) is 11.4. The molecule has 1 saturated heterocycles. The number of nitrogens with one attached hydrogen (secondary N) is 3. The number of hydrogen-bond donors (Lipinski definition) is 5. The van der Waals surface area contributed by atoms with Crippen molar-refractivity contribution in [3.05, 3.63) is 36.9 Å². The second kappa shape index (κ2) is 13.1. The molecule has 15 nitrogen and oxygen atoms in total. The van der Waals surface area contributed by atoms with Crippen molar-refractivity contribution >= 4 is 56.2 Å². The van der Waals surface area contributed by atoms with Gasteiger partial charge in [0.05, 0.1) is 11.2 Å². The molecule has 0 bridgehead atoms. The van der Waals surface area contributed by atoms with Crippen molar-refractivity contribution in [3.8, 4) is 0 Å². The number of aliphatic hydroxyl groups excluding tert-OH is 2. The van der Waals surface area contributed by atoms with Crippen LogP contribution in [0.4, 0.5) is 16.3 Å². The topological polar surface area (TPSA) is 201 Å². The SMILES string of the molecule is CCCN(CCCl)S(=O)(=O)c1ccc(NC(=O)Nc2ncnc3c2ncn3[C@@H]2O[C@H](C(=O)NCC)C(O)[C@@H]2O)cc1. The highest BCUT2D eigenvalue weighted by molar-refractivity contribution is 7.89. The first-order valence-electron chi connectivity index (χ1n) is 12.8. The minimum atomic E-state index is -3.74. The Labute approximate surface area is 240 Å². The number of halogens is 1. The first kappa shape index (κ1) is 30.5. The van der Waals surface area contributed by atoms with Crippen LogP contribution in [0, 0.1) is 0 Å². The molecule has 0 saturated carbocycles. The molecule has 0 aliphatic carbocycles. The Balaban J connectivity index is 1.47. The highest BCUT2D eigenvalue weighted by Crippen LogP contribution is 2.32. The molecule has 17 heteroatoms. The molecule has 3 heterocycles. The summed E-state index contributed by atoms with van der Waals surface area (Å²) in [7, 11) is -3.74. The number of urea groups is 1. The molecule has 3 amide bonds. The number of alkyl halides is 1. The molecule has 0 spiro atoms. The van der Waals surface area contributed by atoms with E-state index in [0.717, 1.165) is 6.33 Å². The number of fused-ring (bicyclic) bond motifs is 1. The van der Waals surface area contributed by atoms with Gasteiger partial charge in [-0.15, -0.1) is 11.6 Å². The van der Waals surface area contributed by atoms with Crippen LogP contribution in [-0.2, 0) is 19.6 Å². The average Bonchev–Trinajstić information content (AvgIpc) is 3.50. The highest BCUT2D eigenvalue weighted by Gasteiger charge is 2.47. The lowest BCUT2D eigenvalue weighted by Gasteiger charge is -2.20. The fourth-order valence-electron chi connectivity index (χ4n) is 4.34. The third-order valence-corrected chi connectivity index (χ3v) is 8.35. The maximum absolute atomic E-state index is 12.9. The summed E-state index contributed by atoms with van der Waals surface area (Å²) in [5.74, 6) is -0.366. The first-order chi connectivity index (χ1) is 19.6. The Bertz CT molecular complexity index is 1480. The normalized spacial score (nSPS) is 20.8. The van der Waals surface area contributed by atoms with Crippen molar-refractivity contribution in [2.24, 2.45) is 0 Å². The molecule has 222 valence electrons. The summed E-state index contributed by atoms with van der Waals surface area (Å²) in [6, 6.07) is 5.01. The lowest BCUT2D eigenvalue weighted by molar-refractivity contribution is -0.137. The summed E-state index contributed by atoms with van der Waals surface area (Å²) >= 11 is 5.77. The van der Waals surface area contributed by atoms with Crippen molar-refractivity contribution in [1.29, 1.82) is 0 Å². The Kier molecular flexibility index (Phi) is 9.72. The zero-order chi connectivity index (χ0) is 29.7. The van der Waals surface area contributed by atoms with Gasteiger partial charge in [0.1, 0.15) is 18.5 Å². The van der Waals surface area contributed by atoms with Gasteiger partial charge in [-0.25, -0.2) is 28.2 Å². The van der Waals surface area contributed by atoms with Crippen LogP contribution >= 0.6 is 11.6 Å². The van der Waals surface area contributed by atoms with E-state index in [4.69, 9.17) is 16.3 Å². The predicted octanol–water partition coefficient (Wildman–Crippen LogP) is 0.865. The van der Waals surface area contributed by atoms with E-state index in [0.29, 0.717) is 25.2 Å². The van der Waals surface area contributed by atoms with E-state index in [1.807, 2.05) is 6.92 Å². The molecular weight excluding hydrogens is 580 g/mol. The number of ether oxygens (including phenoxy) is 1. The van der Waals surface area contributed by atoms with Crippen LogP contribution in [0.5, 0.6) is 0 Å². The highest BCUT2D eigenvalue weighted by atomic mass is 35.5. The number of benzene rings is 1. The molecule has 41 heavy (non-hydrogen) atoms. The van der Waals surface area contributed by atoms with E-state index < -0.39 is 46.5 Å². The van der Waals surface area contributed by atoms with Crippen LogP contribution in [0.3, 0.4) is 0 Å². The number of hydrogen-bond acceptors (Lipinski definition) is 10. The predicted molar refractivity (Wildman–Crippen MR) is 149 cm³/mol. The van der Waals surface area contributed by atoms with Gasteiger partial charge in [-0.1, -0.05) is 6.92 Å². The molecule has 1 aromatic carbocycles. The molecule has 3 aromatic rings. The summed E-state index contributed by atoms with van der Waals surface area (Å²) in [4.78, 5) is 37.4. The zero-order valence-corrected chi connectivity index (χ0v) is 23.8. The molecular formula is C24H31ClN8O7S. The van der Waals surface area contributed by atoms with Crippen LogP contribution in [0.1, 0.15) is 26.5 Å². The van der Waals surface area contributed by atoms with Crippen LogP contribution < -0.4 is 16.0 Å². The maximum Gasteiger partial charge on any atom is 0.324 e. The molecule has 1 aliphatic rings. The number of carbonyl (C=O) groups excluding carboxylic acids is 2. The number of sulfonamides is 1. The van der Waals surface area contributed by atoms with Crippen molar-refractivity contribution < 1.29 is 33.0 Å². The number of carbonyl (C=O) groups is 2. The van der Waals surface area contributed by atoms with Gasteiger partial charge in [0.25, 0.3) is 5.91 Å². The van der Waals surface area contributed by atoms with Gasteiger partial charge in [-0.3, -0.25) is 14.7 Å². The Morgan fingerprint density at radius 2 is 1.80 bits per heavy atom. The average molecular weight is 611 g/mol. The molecule has 4 atom stereocenters. The van der Waals surface area contributed by atoms with Gasteiger partial charge in [-0.05, 0) is 37.6 Å². The number of aliphatic hydroxyl groups is 2. The van der Waals surface area contributed by atoms with Gasteiger partial charge in [0, 0.05) is 31.2 Å². The van der Waals surface area contributed by atoms with Crippen molar-refractivity contribution in [2.45, 2.75) is 49.7 Å². The first-order valence-corrected chi connectivity index (χ1v) is 14.8. The number of nitrogens with zero attached hydrogens (tertiary/aromatic N) is 5. The standard InChI is InChI=1S/C24H31ClN8O7S/c1-3-10-32(11-9-25)41(38,39)15-7-5-14(6-8-15)30-24(37)31-20-16-21(28-12-27-20)33(13-29-16)23-18(35)17(34)19(40-23)22(36)26-4-2/h5-8,12-13,17-19,23,34-35H,3-4,9-11H2,1-2H3,(H,26,36)(H2,27,28,30,31,37)/t17?,18-,19-,23+/m0/s1. The summed E-state index contributed by atoms with van der Waals surface area (Å²) in [5, 5.41) is 28.6. The lowest BCUT2D eigenvalue weighted by Crippen LogP contribution is -2.42. The van der Waals surface area contributed by atoms with Crippen LogP contribution in [0.15, 0.2) is 41.8 Å². The Hall–Kier alpha value is -3.41. The number of imidazole rings is 1. The largest absolute Gasteiger partial charge is 0.387 e.